The number of H-pyrrole nitrogens is 1. The Balaban J connectivity index is 1.62. The lowest BCUT2D eigenvalue weighted by atomic mass is 10.0. The van der Waals surface area contributed by atoms with Gasteiger partial charge >= 0.3 is 5.97 Å². The number of fused-ring (bicyclic) bond motifs is 3. The molecule has 0 aliphatic carbocycles. The number of aliphatic carboxylic acids is 1. The maximum absolute atomic E-state index is 11.0. The van der Waals surface area contributed by atoms with Gasteiger partial charge in [-0.15, -0.1) is 0 Å². The van der Waals surface area contributed by atoms with Crippen LogP contribution in [0.4, 0.5) is 0 Å². The van der Waals surface area contributed by atoms with E-state index < -0.39 is 5.97 Å². The first kappa shape index (κ1) is 16.9. The summed E-state index contributed by atoms with van der Waals surface area (Å²) in [5, 5.41) is 9.05. The van der Waals surface area contributed by atoms with Crippen molar-refractivity contribution >= 4 is 22.6 Å². The summed E-state index contributed by atoms with van der Waals surface area (Å²) in [4.78, 5) is 23.6. The van der Waals surface area contributed by atoms with E-state index in [-0.39, 0.29) is 12.3 Å². The second kappa shape index (κ2) is 6.76. The average Bonchev–Trinajstić information content (AvgIpc) is 3.32. The van der Waals surface area contributed by atoms with Crippen molar-refractivity contribution in [1.82, 2.24) is 19.4 Å². The lowest BCUT2D eigenvalue weighted by Crippen LogP contribution is -2.18. The molecule has 1 atom stereocenters. The number of hydrogen-bond donors (Lipinski definition) is 2. The zero-order chi connectivity index (χ0) is 19.1. The number of aromatic nitrogens is 4. The van der Waals surface area contributed by atoms with Crippen molar-refractivity contribution < 1.29 is 14.6 Å². The molecule has 1 aromatic carbocycles. The standard InChI is InChI=1S/C21H20N4O3/c26-19(27)8-13-3-1-4-14(7-13)17-9-18-20(24-17)22-10-16-11-23-21(25(16)18)15-5-2-6-28-12-15/h1,3-4,7,9-11,15,24H,2,5-6,8,12H2,(H,26,27). The van der Waals surface area contributed by atoms with Gasteiger partial charge in [-0.3, -0.25) is 9.20 Å². The molecule has 7 heteroatoms. The lowest BCUT2D eigenvalue weighted by Gasteiger charge is -2.21. The first-order valence-electron chi connectivity index (χ1n) is 9.43. The van der Waals surface area contributed by atoms with Crippen LogP contribution in [-0.4, -0.2) is 43.6 Å². The smallest absolute Gasteiger partial charge is 0.307 e. The van der Waals surface area contributed by atoms with Gasteiger partial charge < -0.3 is 14.8 Å². The molecule has 1 aliphatic rings. The van der Waals surface area contributed by atoms with Gasteiger partial charge in [-0.25, -0.2) is 9.97 Å². The highest BCUT2D eigenvalue weighted by molar-refractivity contribution is 5.83. The number of imidazole rings is 1. The minimum Gasteiger partial charge on any atom is -0.481 e. The molecule has 0 amide bonds. The van der Waals surface area contributed by atoms with Crippen LogP contribution in [0.1, 0.15) is 30.1 Å². The van der Waals surface area contributed by atoms with Crippen molar-refractivity contribution in [1.29, 1.82) is 0 Å². The highest BCUT2D eigenvalue weighted by Crippen LogP contribution is 2.30. The SMILES string of the molecule is O=C(O)Cc1cccc(-c2cc3c(ncc4cnc(C5CCCOC5)n43)[nH]2)c1. The third kappa shape index (κ3) is 2.93. The van der Waals surface area contributed by atoms with Crippen LogP contribution in [0.25, 0.3) is 27.9 Å². The van der Waals surface area contributed by atoms with Crippen LogP contribution in [0.15, 0.2) is 42.7 Å². The van der Waals surface area contributed by atoms with Crippen LogP contribution >= 0.6 is 0 Å². The van der Waals surface area contributed by atoms with Crippen molar-refractivity contribution in [3.63, 3.8) is 0 Å². The van der Waals surface area contributed by atoms with E-state index >= 15 is 0 Å². The Morgan fingerprint density at radius 1 is 1.29 bits per heavy atom. The number of hydrogen-bond acceptors (Lipinski definition) is 4. The monoisotopic (exact) mass is 376 g/mol. The molecule has 1 unspecified atom stereocenters. The van der Waals surface area contributed by atoms with E-state index in [0.29, 0.717) is 6.61 Å². The van der Waals surface area contributed by atoms with Crippen LogP contribution in [0.2, 0.25) is 0 Å². The number of carboxylic acids is 1. The van der Waals surface area contributed by atoms with Crippen LogP contribution < -0.4 is 0 Å². The van der Waals surface area contributed by atoms with E-state index in [2.05, 4.69) is 25.4 Å². The highest BCUT2D eigenvalue weighted by Gasteiger charge is 2.22. The summed E-state index contributed by atoms with van der Waals surface area (Å²) < 4.78 is 7.82. The summed E-state index contributed by atoms with van der Waals surface area (Å²) in [6, 6.07) is 9.64. The highest BCUT2D eigenvalue weighted by atomic mass is 16.5. The minimum atomic E-state index is -0.838. The average molecular weight is 376 g/mol. The van der Waals surface area contributed by atoms with Gasteiger partial charge in [0.05, 0.1) is 36.5 Å². The molecule has 142 valence electrons. The number of carboxylic acid groups (broad SMARTS) is 1. The van der Waals surface area contributed by atoms with Crippen molar-refractivity contribution in [3.8, 4) is 11.3 Å². The quantitative estimate of drug-likeness (QED) is 0.569. The fourth-order valence-corrected chi connectivity index (χ4v) is 3.98. The number of ether oxygens (including phenoxy) is 1. The summed E-state index contributed by atoms with van der Waals surface area (Å²) in [6.07, 6.45) is 5.80. The van der Waals surface area contributed by atoms with Gasteiger partial charge in [0, 0.05) is 18.2 Å². The van der Waals surface area contributed by atoms with Crippen LogP contribution in [-0.2, 0) is 16.0 Å². The number of benzene rings is 1. The number of rotatable bonds is 4. The Morgan fingerprint density at radius 3 is 3.00 bits per heavy atom. The molecule has 0 bridgehead atoms. The fourth-order valence-electron chi connectivity index (χ4n) is 3.98. The largest absolute Gasteiger partial charge is 0.481 e. The molecule has 5 rings (SSSR count). The Hall–Kier alpha value is -3.19. The number of nitrogens with zero attached hydrogens (tertiary/aromatic N) is 3. The first-order chi connectivity index (χ1) is 13.7. The summed E-state index contributed by atoms with van der Waals surface area (Å²) in [5.74, 6) is 0.446. The van der Waals surface area contributed by atoms with Gasteiger partial charge in [0.1, 0.15) is 5.82 Å². The van der Waals surface area contributed by atoms with Crippen molar-refractivity contribution in [3.05, 3.63) is 54.1 Å². The predicted octanol–water partition coefficient (Wildman–Crippen LogP) is 3.40. The number of carbonyl (C=O) groups is 1. The van der Waals surface area contributed by atoms with Crippen molar-refractivity contribution in [2.45, 2.75) is 25.2 Å². The van der Waals surface area contributed by atoms with Crippen molar-refractivity contribution in [2.75, 3.05) is 13.2 Å². The topological polar surface area (TPSA) is 92.5 Å². The molecule has 0 spiro atoms. The zero-order valence-electron chi connectivity index (χ0n) is 15.3. The third-order valence-corrected chi connectivity index (χ3v) is 5.28. The molecule has 28 heavy (non-hydrogen) atoms. The van der Waals surface area contributed by atoms with Gasteiger partial charge in [0.25, 0.3) is 0 Å². The van der Waals surface area contributed by atoms with E-state index in [0.717, 1.165) is 58.8 Å². The lowest BCUT2D eigenvalue weighted by molar-refractivity contribution is -0.136. The van der Waals surface area contributed by atoms with E-state index in [4.69, 9.17) is 9.84 Å². The van der Waals surface area contributed by atoms with Crippen LogP contribution in [0, 0.1) is 0 Å². The molecule has 1 saturated heterocycles. The zero-order valence-corrected chi connectivity index (χ0v) is 15.3. The first-order valence-corrected chi connectivity index (χ1v) is 9.43. The maximum Gasteiger partial charge on any atom is 0.307 e. The van der Waals surface area contributed by atoms with E-state index in [1.807, 2.05) is 36.7 Å². The summed E-state index contributed by atoms with van der Waals surface area (Å²) in [6.45, 7) is 1.51. The fraction of sp³-hybridized carbons (Fsp3) is 0.286. The predicted molar refractivity (Wildman–Crippen MR) is 104 cm³/mol. The summed E-state index contributed by atoms with van der Waals surface area (Å²) >= 11 is 0. The molecule has 7 nitrogen and oxygen atoms in total. The van der Waals surface area contributed by atoms with E-state index in [1.54, 1.807) is 0 Å². The molecule has 0 saturated carbocycles. The molecule has 0 radical (unpaired) electrons. The molecule has 3 aromatic heterocycles. The molecular weight excluding hydrogens is 356 g/mol. The third-order valence-electron chi connectivity index (χ3n) is 5.28. The molecule has 2 N–H and O–H groups in total. The molecule has 4 heterocycles. The molecule has 4 aromatic rings. The Kier molecular flexibility index (Phi) is 4.09. The summed E-state index contributed by atoms with van der Waals surface area (Å²) in [7, 11) is 0. The van der Waals surface area contributed by atoms with E-state index in [1.165, 1.54) is 0 Å². The Bertz CT molecular complexity index is 1170. The molecule has 1 fully saturated rings. The van der Waals surface area contributed by atoms with Gasteiger partial charge in [0.2, 0.25) is 0 Å². The summed E-state index contributed by atoms with van der Waals surface area (Å²) in [5.41, 5.74) is 5.31. The Labute approximate surface area is 161 Å². The Morgan fingerprint density at radius 2 is 2.18 bits per heavy atom. The minimum absolute atomic E-state index is 0.00388. The maximum atomic E-state index is 11.0. The molecule has 1 aliphatic heterocycles. The van der Waals surface area contributed by atoms with E-state index in [9.17, 15) is 4.79 Å². The van der Waals surface area contributed by atoms with Crippen LogP contribution in [0.5, 0.6) is 0 Å². The van der Waals surface area contributed by atoms with Gasteiger partial charge in [-0.2, -0.15) is 0 Å². The number of nitrogens with one attached hydrogen (secondary N) is 1. The normalized spacial score (nSPS) is 17.4. The van der Waals surface area contributed by atoms with Crippen molar-refractivity contribution in [2.24, 2.45) is 0 Å². The molecular formula is C21H20N4O3. The van der Waals surface area contributed by atoms with Gasteiger partial charge in [-0.1, -0.05) is 18.2 Å². The van der Waals surface area contributed by atoms with Crippen LogP contribution in [0.3, 0.4) is 0 Å². The van der Waals surface area contributed by atoms with Gasteiger partial charge in [0.15, 0.2) is 5.65 Å². The second-order valence-corrected chi connectivity index (χ2v) is 7.24. The second-order valence-electron chi connectivity index (χ2n) is 7.24. The van der Waals surface area contributed by atoms with Gasteiger partial charge in [-0.05, 0) is 36.1 Å². The number of aromatic amines is 1.